The zero-order chi connectivity index (χ0) is 23.5. The Kier molecular flexibility index (Phi) is 6.71. The van der Waals surface area contributed by atoms with Crippen LogP contribution in [-0.2, 0) is 6.54 Å². The SMILES string of the molecule is Cc1ccc(Nc2cc(C)c3nc(Nc4cc(CN5CCCN(C)CC5)ccn4)sc3n2)cc1. The summed E-state index contributed by atoms with van der Waals surface area (Å²) in [5, 5.41) is 7.61. The molecule has 34 heavy (non-hydrogen) atoms. The van der Waals surface area contributed by atoms with Gasteiger partial charge in [-0.25, -0.2) is 15.0 Å². The van der Waals surface area contributed by atoms with E-state index in [9.17, 15) is 0 Å². The Bertz CT molecular complexity index is 1270. The minimum atomic E-state index is 0.805. The fourth-order valence-electron chi connectivity index (χ4n) is 4.23. The monoisotopic (exact) mass is 473 g/mol. The molecule has 4 aromatic rings. The highest BCUT2D eigenvalue weighted by Gasteiger charge is 2.14. The van der Waals surface area contributed by atoms with E-state index in [1.165, 1.54) is 24.1 Å². The fourth-order valence-corrected chi connectivity index (χ4v) is 5.15. The molecule has 0 saturated carbocycles. The highest BCUT2D eigenvalue weighted by molar-refractivity contribution is 7.21. The summed E-state index contributed by atoms with van der Waals surface area (Å²) in [7, 11) is 2.20. The molecule has 176 valence electrons. The summed E-state index contributed by atoms with van der Waals surface area (Å²) in [5.74, 6) is 1.64. The van der Waals surface area contributed by atoms with Crippen LogP contribution in [0.15, 0.2) is 48.7 Å². The van der Waals surface area contributed by atoms with E-state index < -0.39 is 0 Å². The number of anilines is 4. The molecule has 0 unspecified atom stereocenters. The van der Waals surface area contributed by atoms with Crippen molar-refractivity contribution < 1.29 is 0 Å². The Morgan fingerprint density at radius 3 is 2.62 bits per heavy atom. The summed E-state index contributed by atoms with van der Waals surface area (Å²) in [5.41, 5.74) is 5.54. The average molecular weight is 474 g/mol. The molecule has 7 nitrogen and oxygen atoms in total. The molecule has 8 heteroatoms. The van der Waals surface area contributed by atoms with Crippen molar-refractivity contribution in [3.05, 3.63) is 65.4 Å². The van der Waals surface area contributed by atoms with Gasteiger partial charge in [-0.1, -0.05) is 29.0 Å². The van der Waals surface area contributed by atoms with E-state index in [2.05, 4.69) is 82.7 Å². The number of benzene rings is 1. The van der Waals surface area contributed by atoms with Crippen LogP contribution in [0, 0.1) is 13.8 Å². The molecule has 5 rings (SSSR count). The zero-order valence-corrected chi connectivity index (χ0v) is 20.8. The summed E-state index contributed by atoms with van der Waals surface area (Å²) in [4.78, 5) is 20.0. The van der Waals surface area contributed by atoms with Gasteiger partial charge in [0.15, 0.2) is 5.13 Å². The minimum absolute atomic E-state index is 0.805. The van der Waals surface area contributed by atoms with E-state index in [1.807, 2.05) is 12.3 Å². The molecule has 2 N–H and O–H groups in total. The van der Waals surface area contributed by atoms with Crippen LogP contribution in [0.25, 0.3) is 10.3 Å². The highest BCUT2D eigenvalue weighted by Crippen LogP contribution is 2.31. The number of hydrogen-bond donors (Lipinski definition) is 2. The maximum Gasteiger partial charge on any atom is 0.190 e. The number of rotatable bonds is 6. The lowest BCUT2D eigenvalue weighted by molar-refractivity contribution is 0.269. The van der Waals surface area contributed by atoms with Gasteiger partial charge in [0, 0.05) is 31.5 Å². The number of pyridine rings is 2. The summed E-state index contributed by atoms with van der Waals surface area (Å²) in [6.45, 7) is 9.63. The summed E-state index contributed by atoms with van der Waals surface area (Å²) in [6, 6.07) is 14.6. The number of nitrogens with one attached hydrogen (secondary N) is 2. The molecule has 1 saturated heterocycles. The maximum atomic E-state index is 4.80. The number of aromatic nitrogens is 3. The van der Waals surface area contributed by atoms with E-state index in [0.29, 0.717) is 0 Å². The van der Waals surface area contributed by atoms with Crippen molar-refractivity contribution >= 4 is 44.1 Å². The quantitative estimate of drug-likeness (QED) is 0.392. The number of hydrogen-bond acceptors (Lipinski definition) is 8. The van der Waals surface area contributed by atoms with Gasteiger partial charge in [-0.15, -0.1) is 0 Å². The van der Waals surface area contributed by atoms with E-state index in [0.717, 1.165) is 64.5 Å². The van der Waals surface area contributed by atoms with E-state index >= 15 is 0 Å². The smallest absolute Gasteiger partial charge is 0.190 e. The van der Waals surface area contributed by atoms with Gasteiger partial charge >= 0.3 is 0 Å². The van der Waals surface area contributed by atoms with Gasteiger partial charge in [0.2, 0.25) is 0 Å². The first-order valence-corrected chi connectivity index (χ1v) is 12.6. The third-order valence-corrected chi connectivity index (χ3v) is 7.02. The summed E-state index contributed by atoms with van der Waals surface area (Å²) in [6.07, 6.45) is 3.09. The van der Waals surface area contributed by atoms with Crippen molar-refractivity contribution in [3.63, 3.8) is 0 Å². The van der Waals surface area contributed by atoms with Crippen molar-refractivity contribution in [3.8, 4) is 0 Å². The van der Waals surface area contributed by atoms with Gasteiger partial charge in [0.1, 0.15) is 22.0 Å². The van der Waals surface area contributed by atoms with Gasteiger partial charge < -0.3 is 15.5 Å². The van der Waals surface area contributed by atoms with Crippen LogP contribution in [-0.4, -0.2) is 58.0 Å². The molecule has 1 aliphatic heterocycles. The summed E-state index contributed by atoms with van der Waals surface area (Å²) >= 11 is 1.55. The Hall–Kier alpha value is -3.07. The predicted molar refractivity (Wildman–Crippen MR) is 142 cm³/mol. The first-order chi connectivity index (χ1) is 16.5. The van der Waals surface area contributed by atoms with Crippen LogP contribution in [0.2, 0.25) is 0 Å². The highest BCUT2D eigenvalue weighted by atomic mass is 32.1. The van der Waals surface area contributed by atoms with Gasteiger partial charge in [-0.3, -0.25) is 4.90 Å². The first kappa shape index (κ1) is 22.7. The van der Waals surface area contributed by atoms with Gasteiger partial charge in [0.25, 0.3) is 0 Å². The lowest BCUT2D eigenvalue weighted by atomic mass is 10.2. The molecule has 0 amide bonds. The van der Waals surface area contributed by atoms with Crippen LogP contribution in [0.1, 0.15) is 23.1 Å². The van der Waals surface area contributed by atoms with Crippen molar-refractivity contribution in [1.82, 2.24) is 24.8 Å². The van der Waals surface area contributed by atoms with E-state index in [-0.39, 0.29) is 0 Å². The van der Waals surface area contributed by atoms with E-state index in [4.69, 9.17) is 9.97 Å². The molecular weight excluding hydrogens is 442 g/mol. The van der Waals surface area contributed by atoms with Crippen molar-refractivity contribution in [2.45, 2.75) is 26.8 Å². The molecule has 3 aromatic heterocycles. The Labute approximate surface area is 204 Å². The molecule has 4 heterocycles. The second kappa shape index (κ2) is 10.0. The third kappa shape index (κ3) is 5.52. The van der Waals surface area contributed by atoms with Crippen molar-refractivity contribution in [2.75, 3.05) is 43.9 Å². The van der Waals surface area contributed by atoms with Crippen LogP contribution >= 0.6 is 11.3 Å². The normalized spacial score (nSPS) is 15.4. The Balaban J connectivity index is 1.30. The largest absolute Gasteiger partial charge is 0.340 e. The van der Waals surface area contributed by atoms with Crippen LogP contribution in [0.5, 0.6) is 0 Å². The van der Waals surface area contributed by atoms with Crippen molar-refractivity contribution in [1.29, 1.82) is 0 Å². The molecule has 1 fully saturated rings. The second-order valence-electron chi connectivity index (χ2n) is 9.10. The molecule has 0 spiro atoms. The topological polar surface area (TPSA) is 69.2 Å². The molecule has 0 bridgehead atoms. The van der Waals surface area contributed by atoms with Gasteiger partial charge in [-0.05, 0) is 81.9 Å². The number of likely N-dealkylation sites (N-methyl/N-ethyl adjacent to an activating group) is 1. The molecular formula is C26H31N7S. The molecule has 0 aliphatic carbocycles. The Morgan fingerprint density at radius 2 is 1.76 bits per heavy atom. The number of thiazole rings is 1. The number of fused-ring (bicyclic) bond motifs is 1. The molecule has 0 radical (unpaired) electrons. The third-order valence-electron chi connectivity index (χ3n) is 6.16. The lowest BCUT2D eigenvalue weighted by Crippen LogP contribution is -2.28. The van der Waals surface area contributed by atoms with Crippen molar-refractivity contribution in [2.24, 2.45) is 0 Å². The van der Waals surface area contributed by atoms with Crippen LogP contribution in [0.3, 0.4) is 0 Å². The number of nitrogens with zero attached hydrogens (tertiary/aromatic N) is 5. The average Bonchev–Trinajstić information content (AvgIpc) is 3.10. The van der Waals surface area contributed by atoms with Gasteiger partial charge in [0.05, 0.1) is 0 Å². The summed E-state index contributed by atoms with van der Waals surface area (Å²) < 4.78 is 0. The maximum absolute atomic E-state index is 4.80. The van der Waals surface area contributed by atoms with E-state index in [1.54, 1.807) is 11.3 Å². The molecule has 1 aromatic carbocycles. The first-order valence-electron chi connectivity index (χ1n) is 11.8. The van der Waals surface area contributed by atoms with Crippen LogP contribution < -0.4 is 10.6 Å². The molecule has 1 aliphatic rings. The Morgan fingerprint density at radius 1 is 0.912 bits per heavy atom. The minimum Gasteiger partial charge on any atom is -0.340 e. The predicted octanol–water partition coefficient (Wildman–Crippen LogP) is 5.33. The number of aryl methyl sites for hydroxylation is 2. The lowest BCUT2D eigenvalue weighted by Gasteiger charge is -2.20. The zero-order valence-electron chi connectivity index (χ0n) is 20.0. The standard InChI is InChI=1S/C26H31N7S/c1-18-5-7-21(8-6-18)28-23-15-19(2)24-25(29-23)34-26(31-24)30-22-16-20(9-10-27-22)17-33-12-4-11-32(3)13-14-33/h5-10,15-16H,4,11-14,17H2,1-3H3,(H,28,29)(H,27,30,31). The second-order valence-corrected chi connectivity index (χ2v) is 10.1. The fraction of sp³-hybridized carbons (Fsp3) is 0.346. The van der Waals surface area contributed by atoms with Crippen LogP contribution in [0.4, 0.5) is 22.5 Å². The van der Waals surface area contributed by atoms with Gasteiger partial charge in [-0.2, -0.15) is 0 Å². The molecule has 0 atom stereocenters.